The summed E-state index contributed by atoms with van der Waals surface area (Å²) in [5.41, 5.74) is 1.60. The number of carbonyl (C=O) groups is 1. The molecule has 2 fully saturated rings. The van der Waals surface area contributed by atoms with Gasteiger partial charge in [-0.3, -0.25) is 4.79 Å². The average molecular weight is 319 g/mol. The van der Waals surface area contributed by atoms with Crippen molar-refractivity contribution in [3.8, 4) is 5.75 Å². The number of carbonyl (C=O) groups excluding carboxylic acids is 1. The van der Waals surface area contributed by atoms with Crippen LogP contribution in [0, 0.1) is 0 Å². The Morgan fingerprint density at radius 3 is 3.05 bits per heavy atom. The number of benzene rings is 1. The zero-order valence-corrected chi connectivity index (χ0v) is 13.1. The quantitative estimate of drug-likeness (QED) is 0.865. The largest absolute Gasteiger partial charge is 0.488 e. The molecule has 2 atom stereocenters. The maximum atomic E-state index is 12.8. The van der Waals surface area contributed by atoms with Gasteiger partial charge in [0.15, 0.2) is 0 Å². The minimum atomic E-state index is 0.0972. The number of fused-ring (bicyclic) bond motifs is 3. The van der Waals surface area contributed by atoms with Crippen LogP contribution in [-0.2, 0) is 4.79 Å². The van der Waals surface area contributed by atoms with Crippen molar-refractivity contribution in [2.75, 3.05) is 19.7 Å². The predicted octanol–water partition coefficient (Wildman–Crippen LogP) is 2.47. The van der Waals surface area contributed by atoms with Crippen molar-refractivity contribution in [2.45, 2.75) is 31.3 Å². The van der Waals surface area contributed by atoms with Crippen LogP contribution >= 0.6 is 11.6 Å². The second kappa shape index (κ2) is 5.60. The summed E-state index contributed by atoms with van der Waals surface area (Å²) in [5.74, 6) is 0.887. The number of halogens is 1. The topological polar surface area (TPSA) is 41.6 Å². The first kappa shape index (κ1) is 14.1. The Balaban J connectivity index is 1.55. The van der Waals surface area contributed by atoms with Crippen LogP contribution in [0.15, 0.2) is 23.8 Å². The van der Waals surface area contributed by atoms with Crippen LogP contribution in [0.25, 0.3) is 6.08 Å². The van der Waals surface area contributed by atoms with Gasteiger partial charge in [-0.1, -0.05) is 11.6 Å². The van der Waals surface area contributed by atoms with E-state index in [1.54, 1.807) is 6.07 Å². The highest BCUT2D eigenvalue weighted by Gasteiger charge is 2.32. The van der Waals surface area contributed by atoms with Gasteiger partial charge in [-0.25, -0.2) is 0 Å². The van der Waals surface area contributed by atoms with Crippen LogP contribution in [0.5, 0.6) is 5.75 Å². The summed E-state index contributed by atoms with van der Waals surface area (Å²) in [7, 11) is 0. The van der Waals surface area contributed by atoms with Crippen molar-refractivity contribution in [1.82, 2.24) is 10.2 Å². The lowest BCUT2D eigenvalue weighted by atomic mass is 10.0. The van der Waals surface area contributed by atoms with Crippen molar-refractivity contribution in [2.24, 2.45) is 0 Å². The molecule has 1 aromatic rings. The van der Waals surface area contributed by atoms with Gasteiger partial charge >= 0.3 is 0 Å². The van der Waals surface area contributed by atoms with Crippen LogP contribution in [-0.4, -0.2) is 42.6 Å². The van der Waals surface area contributed by atoms with Gasteiger partial charge in [-0.05, 0) is 43.5 Å². The van der Waals surface area contributed by atoms with Gasteiger partial charge in [0.05, 0.1) is 5.57 Å². The van der Waals surface area contributed by atoms with Gasteiger partial charge in [-0.2, -0.15) is 0 Å². The molecule has 3 aliphatic rings. The molecule has 5 heteroatoms. The summed E-state index contributed by atoms with van der Waals surface area (Å²) in [6.45, 7) is 1.97. The van der Waals surface area contributed by atoms with E-state index in [-0.39, 0.29) is 5.91 Å². The van der Waals surface area contributed by atoms with E-state index in [2.05, 4.69) is 5.32 Å². The Morgan fingerprint density at radius 2 is 2.14 bits per heavy atom. The normalized spacial score (nSPS) is 26.8. The van der Waals surface area contributed by atoms with Crippen LogP contribution < -0.4 is 10.1 Å². The molecule has 22 heavy (non-hydrogen) atoms. The van der Waals surface area contributed by atoms with Gasteiger partial charge in [-0.15, -0.1) is 0 Å². The molecule has 0 spiro atoms. The molecule has 116 valence electrons. The smallest absolute Gasteiger partial charge is 0.253 e. The summed E-state index contributed by atoms with van der Waals surface area (Å²) in [6, 6.07) is 6.53. The maximum absolute atomic E-state index is 12.8. The van der Waals surface area contributed by atoms with Crippen LogP contribution in [0.1, 0.15) is 24.8 Å². The van der Waals surface area contributed by atoms with Crippen molar-refractivity contribution in [3.05, 3.63) is 34.4 Å². The van der Waals surface area contributed by atoms with E-state index >= 15 is 0 Å². The molecule has 0 aliphatic carbocycles. The monoisotopic (exact) mass is 318 g/mol. The second-order valence-electron chi connectivity index (χ2n) is 6.32. The molecule has 3 heterocycles. The summed E-state index contributed by atoms with van der Waals surface area (Å²) in [5, 5.41) is 4.26. The summed E-state index contributed by atoms with van der Waals surface area (Å²) in [6.07, 6.45) is 5.37. The Kier molecular flexibility index (Phi) is 3.59. The first-order valence-corrected chi connectivity index (χ1v) is 8.25. The van der Waals surface area contributed by atoms with E-state index in [0.717, 1.165) is 30.8 Å². The molecule has 0 saturated carbocycles. The number of nitrogens with one attached hydrogen (secondary N) is 1. The highest BCUT2D eigenvalue weighted by atomic mass is 35.5. The van der Waals surface area contributed by atoms with E-state index in [4.69, 9.17) is 16.3 Å². The molecule has 1 N–H and O–H groups in total. The Morgan fingerprint density at radius 1 is 1.27 bits per heavy atom. The molecular weight excluding hydrogens is 300 g/mol. The maximum Gasteiger partial charge on any atom is 0.253 e. The zero-order chi connectivity index (χ0) is 15.1. The van der Waals surface area contributed by atoms with E-state index in [1.807, 2.05) is 23.1 Å². The molecule has 4 rings (SSSR count). The predicted molar refractivity (Wildman–Crippen MR) is 86.1 cm³/mol. The molecule has 0 radical (unpaired) electrons. The molecular formula is C17H19ClN2O2. The first-order chi connectivity index (χ1) is 10.7. The van der Waals surface area contributed by atoms with E-state index < -0.39 is 0 Å². The van der Waals surface area contributed by atoms with E-state index in [0.29, 0.717) is 29.3 Å². The van der Waals surface area contributed by atoms with Crippen molar-refractivity contribution < 1.29 is 9.53 Å². The molecule has 0 aromatic heterocycles. The summed E-state index contributed by atoms with van der Waals surface area (Å²) in [4.78, 5) is 14.8. The van der Waals surface area contributed by atoms with Gasteiger partial charge in [0.25, 0.3) is 5.91 Å². The van der Waals surface area contributed by atoms with Crippen LogP contribution in [0.4, 0.5) is 0 Å². The zero-order valence-electron chi connectivity index (χ0n) is 12.3. The third-order valence-corrected chi connectivity index (χ3v) is 5.00. The number of rotatable bonds is 1. The second-order valence-corrected chi connectivity index (χ2v) is 6.75. The number of hydrogen-bond donors (Lipinski definition) is 1. The van der Waals surface area contributed by atoms with Gasteiger partial charge in [0.2, 0.25) is 0 Å². The molecule has 4 nitrogen and oxygen atoms in total. The molecule has 1 aromatic carbocycles. The molecule has 2 bridgehead atoms. The molecule has 2 unspecified atom stereocenters. The average Bonchev–Trinajstić information content (AvgIpc) is 2.85. The lowest BCUT2D eigenvalue weighted by Crippen LogP contribution is -2.40. The Labute approximate surface area is 135 Å². The number of nitrogens with zero attached hydrogens (tertiary/aromatic N) is 1. The van der Waals surface area contributed by atoms with Crippen LogP contribution in [0.3, 0.4) is 0 Å². The fourth-order valence-electron chi connectivity index (χ4n) is 3.60. The lowest BCUT2D eigenvalue weighted by Gasteiger charge is -2.27. The van der Waals surface area contributed by atoms with E-state index in [9.17, 15) is 4.79 Å². The highest BCUT2D eigenvalue weighted by Crippen LogP contribution is 2.30. The number of amides is 1. The number of likely N-dealkylation sites (tertiary alicyclic amines) is 1. The molecule has 2 saturated heterocycles. The Bertz CT molecular complexity index is 644. The highest BCUT2D eigenvalue weighted by molar-refractivity contribution is 6.30. The SMILES string of the molecule is O=C(C1=Cc2cc(Cl)ccc2OC1)N1CCC2CCC(C1)N2. The summed E-state index contributed by atoms with van der Waals surface area (Å²) >= 11 is 6.03. The lowest BCUT2D eigenvalue weighted by molar-refractivity contribution is -0.127. The fraction of sp³-hybridized carbons (Fsp3) is 0.471. The minimum Gasteiger partial charge on any atom is -0.488 e. The van der Waals surface area contributed by atoms with Gasteiger partial charge < -0.3 is 15.0 Å². The van der Waals surface area contributed by atoms with Gasteiger partial charge in [0.1, 0.15) is 12.4 Å². The summed E-state index contributed by atoms with van der Waals surface area (Å²) < 4.78 is 5.71. The van der Waals surface area contributed by atoms with Crippen LogP contribution in [0.2, 0.25) is 5.02 Å². The molecule has 3 aliphatic heterocycles. The fourth-order valence-corrected chi connectivity index (χ4v) is 3.78. The first-order valence-electron chi connectivity index (χ1n) is 7.87. The standard InChI is InChI=1S/C17H19ClN2O2/c18-13-1-4-16-11(8-13)7-12(10-22-16)17(21)20-6-5-14-2-3-15(9-20)19-14/h1,4,7-8,14-15,19H,2-3,5-6,9-10H2. The Hall–Kier alpha value is -1.52. The van der Waals surface area contributed by atoms with Crippen molar-refractivity contribution >= 4 is 23.6 Å². The van der Waals surface area contributed by atoms with Crippen molar-refractivity contribution in [3.63, 3.8) is 0 Å². The number of ether oxygens (including phenoxy) is 1. The van der Waals surface area contributed by atoms with E-state index in [1.165, 1.54) is 12.8 Å². The molecule has 1 amide bonds. The minimum absolute atomic E-state index is 0.0972. The van der Waals surface area contributed by atoms with Gasteiger partial charge in [0, 0.05) is 35.8 Å². The third-order valence-electron chi connectivity index (χ3n) is 4.77. The number of hydrogen-bond acceptors (Lipinski definition) is 3. The third kappa shape index (κ3) is 2.61. The van der Waals surface area contributed by atoms with Crippen molar-refractivity contribution in [1.29, 1.82) is 0 Å².